The van der Waals surface area contributed by atoms with Gasteiger partial charge in [0.2, 0.25) is 11.8 Å². The second kappa shape index (κ2) is 10.5. The summed E-state index contributed by atoms with van der Waals surface area (Å²) in [4.78, 5) is 41.9. The number of nitrogens with zero attached hydrogens (tertiary/aromatic N) is 2. The first kappa shape index (κ1) is 33.4. The molecule has 3 N–H and O–H groups in total. The van der Waals surface area contributed by atoms with Crippen LogP contribution in [0.4, 0.5) is 10.1 Å². The molecule has 2 atom stereocenters. The number of anilines is 1. The fraction of sp³-hybridized carbons (Fsp3) is 0.483. The van der Waals surface area contributed by atoms with Crippen LogP contribution in [0.15, 0.2) is 36.4 Å². The Labute approximate surface area is 270 Å². The zero-order chi connectivity index (χ0) is 33.5. The molecule has 2 fully saturated rings. The summed E-state index contributed by atoms with van der Waals surface area (Å²) in [7, 11) is 37.1. The van der Waals surface area contributed by atoms with E-state index in [-0.39, 0.29) is 34.6 Å². The molecule has 2 unspecified atom stereocenters. The lowest BCUT2D eigenvalue weighted by atomic mass is 9.28. The zero-order valence-corrected chi connectivity index (χ0v) is 25.6. The van der Waals surface area contributed by atoms with Crippen LogP contribution in [-0.4, -0.2) is 115 Å². The van der Waals surface area contributed by atoms with Gasteiger partial charge >= 0.3 is 0 Å². The van der Waals surface area contributed by atoms with Gasteiger partial charge in [0.05, 0.1) is 53.5 Å². The lowest BCUT2D eigenvalue weighted by Gasteiger charge is -2.62. The first-order chi connectivity index (χ1) is 20.5. The molecular formula is C29H29B6FN4O5. The van der Waals surface area contributed by atoms with E-state index in [4.69, 9.17) is 51.8 Å². The lowest BCUT2D eigenvalue weighted by Crippen LogP contribution is -2.81. The number of hydrogen-bond acceptors (Lipinski definition) is 7. The average Bonchev–Trinajstić information content (AvgIpc) is 3.11. The van der Waals surface area contributed by atoms with Crippen molar-refractivity contribution in [3.63, 3.8) is 0 Å². The molecule has 2 aromatic carbocycles. The van der Waals surface area contributed by atoms with Gasteiger partial charge in [0.1, 0.15) is 21.5 Å². The highest BCUT2D eigenvalue weighted by Crippen LogP contribution is 2.53. The number of hydrogen-bond donors (Lipinski definition) is 3. The van der Waals surface area contributed by atoms with Crippen LogP contribution in [0.5, 0.6) is 0 Å². The number of rotatable bonds is 6. The Morgan fingerprint density at radius 2 is 1.58 bits per heavy atom. The maximum absolute atomic E-state index is 15.0. The summed E-state index contributed by atoms with van der Waals surface area (Å²) >= 11 is 0. The first-order valence-corrected chi connectivity index (χ1v) is 14.3. The summed E-state index contributed by atoms with van der Waals surface area (Å²) in [5.41, 5.74) is -5.40. The summed E-state index contributed by atoms with van der Waals surface area (Å²) in [5.74, 6) is -4.25. The summed E-state index contributed by atoms with van der Waals surface area (Å²) < 4.78 is 21.2. The summed E-state index contributed by atoms with van der Waals surface area (Å²) in [5, 5.41) is 10.2. The maximum Gasteiger partial charge on any atom is 0.253 e. The quantitative estimate of drug-likeness (QED) is 0.306. The van der Waals surface area contributed by atoms with Crippen LogP contribution < -0.4 is 10.6 Å². The van der Waals surface area contributed by atoms with Crippen LogP contribution in [-0.2, 0) is 32.8 Å². The number of halogens is 1. The van der Waals surface area contributed by atoms with E-state index in [1.807, 2.05) is 27.7 Å². The Morgan fingerprint density at radius 1 is 0.956 bits per heavy atom. The zero-order valence-electron chi connectivity index (χ0n) is 25.6. The molecule has 12 radical (unpaired) electrons. The average molecular weight is 597 g/mol. The Bertz CT molecular complexity index is 1590. The van der Waals surface area contributed by atoms with Crippen molar-refractivity contribution in [2.24, 2.45) is 0 Å². The Kier molecular flexibility index (Phi) is 7.82. The molecule has 3 amide bonds. The van der Waals surface area contributed by atoms with Gasteiger partial charge in [-0.15, -0.1) is 0 Å². The highest BCUT2D eigenvalue weighted by Gasteiger charge is 2.67. The highest BCUT2D eigenvalue weighted by molar-refractivity contribution is 6.59. The second-order valence-corrected chi connectivity index (χ2v) is 13.4. The van der Waals surface area contributed by atoms with Crippen molar-refractivity contribution < 1.29 is 28.6 Å². The molecule has 3 heterocycles. The molecule has 2 saturated heterocycles. The van der Waals surface area contributed by atoms with Gasteiger partial charge < -0.3 is 20.1 Å². The third kappa shape index (κ3) is 5.26. The molecule has 3 aliphatic rings. The Morgan fingerprint density at radius 3 is 2.20 bits per heavy atom. The monoisotopic (exact) mass is 598 g/mol. The van der Waals surface area contributed by atoms with E-state index in [2.05, 4.69) is 10.2 Å². The molecule has 0 saturated carbocycles. The summed E-state index contributed by atoms with van der Waals surface area (Å²) in [6, 6.07) is 9.29. The highest BCUT2D eigenvalue weighted by atomic mass is 19.1. The standard InChI is InChI=1S/C29H29B6FN4O5/c1-24(2)13-39(14-25(3,4)45-24)12-15-8-9-18(36)16(10-15)11-37-19-7-5-6-17-20(19)28(32,33)40(21(17)41)26(30)22(42)38-23(43)27(31,44)29(26,34)35/h5-10,37,44H,11-14H2,1-4H3,(H,38,42,43). The van der Waals surface area contributed by atoms with Gasteiger partial charge in [-0.1, -0.05) is 12.1 Å². The number of fused-ring (bicyclic) bond motifs is 1. The van der Waals surface area contributed by atoms with Gasteiger partial charge in [-0.2, -0.15) is 0 Å². The number of carbonyl (C=O) groups excluding carboxylic acids is 3. The van der Waals surface area contributed by atoms with Gasteiger partial charge in [-0.05, 0) is 73.6 Å². The number of ether oxygens (including phenoxy) is 1. The van der Waals surface area contributed by atoms with Crippen LogP contribution in [0.2, 0.25) is 5.21 Å². The van der Waals surface area contributed by atoms with Crippen molar-refractivity contribution in [3.8, 4) is 0 Å². The Hall–Kier alpha value is -2.95. The van der Waals surface area contributed by atoms with E-state index in [1.165, 1.54) is 18.2 Å². The van der Waals surface area contributed by atoms with E-state index >= 15 is 4.39 Å². The third-order valence-corrected chi connectivity index (χ3v) is 8.55. The van der Waals surface area contributed by atoms with Crippen LogP contribution in [0.3, 0.4) is 0 Å². The normalized spacial score (nSPS) is 28.4. The van der Waals surface area contributed by atoms with E-state index in [9.17, 15) is 19.5 Å². The van der Waals surface area contributed by atoms with Crippen molar-refractivity contribution in [2.45, 2.75) is 73.5 Å². The van der Waals surface area contributed by atoms with Gasteiger partial charge in [0.15, 0.2) is 0 Å². The van der Waals surface area contributed by atoms with Gasteiger partial charge in [-0.3, -0.25) is 24.6 Å². The number of piperidine rings is 1. The molecule has 9 nitrogen and oxygen atoms in total. The predicted molar refractivity (Wildman–Crippen MR) is 171 cm³/mol. The molecule has 0 bridgehead atoms. The number of aliphatic hydroxyl groups is 1. The summed E-state index contributed by atoms with van der Waals surface area (Å²) in [6.45, 7) is 10.0. The van der Waals surface area contributed by atoms with E-state index in [0.29, 0.717) is 30.1 Å². The molecule has 0 aromatic heterocycles. The number of morpholine rings is 1. The fourth-order valence-electron chi connectivity index (χ4n) is 6.78. The summed E-state index contributed by atoms with van der Waals surface area (Å²) in [6.07, 6.45) is 0. The third-order valence-electron chi connectivity index (χ3n) is 8.55. The van der Waals surface area contributed by atoms with Gasteiger partial charge in [-0.25, -0.2) is 4.39 Å². The van der Waals surface area contributed by atoms with Crippen LogP contribution in [0.25, 0.3) is 0 Å². The fourth-order valence-corrected chi connectivity index (χ4v) is 6.78. The van der Waals surface area contributed by atoms with Crippen LogP contribution in [0.1, 0.15) is 54.7 Å². The van der Waals surface area contributed by atoms with E-state index < -0.39 is 45.0 Å². The molecular weight excluding hydrogens is 568 g/mol. The minimum absolute atomic E-state index is 0.0183. The van der Waals surface area contributed by atoms with Crippen LogP contribution >= 0.6 is 0 Å². The number of amides is 3. The lowest BCUT2D eigenvalue weighted by molar-refractivity contribution is -0.182. The molecule has 3 aliphatic heterocycles. The van der Waals surface area contributed by atoms with E-state index in [0.717, 1.165) is 5.56 Å². The molecule has 2 aromatic rings. The minimum Gasteiger partial charge on any atom is -0.391 e. The van der Waals surface area contributed by atoms with E-state index in [1.54, 1.807) is 23.5 Å². The molecule has 5 rings (SSSR count). The smallest absolute Gasteiger partial charge is 0.253 e. The van der Waals surface area contributed by atoms with Crippen molar-refractivity contribution in [2.75, 3.05) is 18.4 Å². The van der Waals surface area contributed by atoms with Gasteiger partial charge in [0, 0.05) is 43.0 Å². The topological polar surface area (TPSA) is 111 Å². The number of carbonyl (C=O) groups is 3. The SMILES string of the molecule is [B]C1([B])c2c(NCc3cc(CN4CC(C)(C)OC(C)(C)C4)ccc3F)cccc2C(=O)N1C1([B])C(=O)NC(=O)C([B])(O)C1([B])[B]. The predicted octanol–water partition coefficient (Wildman–Crippen LogP) is -0.438. The first-order valence-electron chi connectivity index (χ1n) is 14.3. The van der Waals surface area contributed by atoms with Crippen molar-refractivity contribution in [1.29, 1.82) is 0 Å². The van der Waals surface area contributed by atoms with Crippen LogP contribution in [0, 0.1) is 5.82 Å². The molecule has 220 valence electrons. The number of imide groups is 1. The largest absolute Gasteiger partial charge is 0.391 e. The second-order valence-electron chi connectivity index (χ2n) is 13.4. The van der Waals surface area contributed by atoms with Gasteiger partial charge in [0.25, 0.3) is 5.91 Å². The molecule has 16 heteroatoms. The molecule has 45 heavy (non-hydrogen) atoms. The Balaban J connectivity index is 1.43. The van der Waals surface area contributed by atoms with Crippen molar-refractivity contribution in [1.82, 2.24) is 15.1 Å². The number of nitrogens with one attached hydrogen (secondary N) is 2. The van der Waals surface area contributed by atoms with Crippen molar-refractivity contribution >= 4 is 70.5 Å². The molecule has 0 aliphatic carbocycles. The minimum atomic E-state index is -3.11. The van der Waals surface area contributed by atoms with Crippen molar-refractivity contribution in [3.05, 3.63) is 64.5 Å². The maximum atomic E-state index is 15.0. The molecule has 0 spiro atoms. The number of benzene rings is 2.